The van der Waals surface area contributed by atoms with Crippen molar-refractivity contribution in [2.75, 3.05) is 6.54 Å². The van der Waals surface area contributed by atoms with Gasteiger partial charge in [-0.2, -0.15) is 13.2 Å². The molecular formula is C12H11F3N2. The van der Waals surface area contributed by atoms with Crippen molar-refractivity contribution in [2.45, 2.75) is 19.1 Å². The zero-order chi connectivity index (χ0) is 12.0. The number of alkyl halides is 3. The quantitative estimate of drug-likeness (QED) is 0.728. The molecule has 1 aliphatic heterocycles. The molecule has 0 aliphatic carbocycles. The maximum absolute atomic E-state index is 12.6. The van der Waals surface area contributed by atoms with Crippen LogP contribution in [0.25, 0.3) is 10.9 Å². The van der Waals surface area contributed by atoms with Gasteiger partial charge in [0.2, 0.25) is 0 Å². The van der Waals surface area contributed by atoms with E-state index in [1.807, 2.05) is 0 Å². The minimum absolute atomic E-state index is 0.578. The Morgan fingerprint density at radius 1 is 1.18 bits per heavy atom. The first-order chi connectivity index (χ1) is 8.05. The van der Waals surface area contributed by atoms with Crippen LogP contribution in [0.5, 0.6) is 0 Å². The van der Waals surface area contributed by atoms with Gasteiger partial charge in [-0.15, -0.1) is 0 Å². The fourth-order valence-corrected chi connectivity index (χ4v) is 2.34. The van der Waals surface area contributed by atoms with Crippen LogP contribution in [0.15, 0.2) is 18.2 Å². The number of benzene rings is 1. The van der Waals surface area contributed by atoms with Crippen molar-refractivity contribution in [1.82, 2.24) is 10.3 Å². The Labute approximate surface area is 95.8 Å². The molecule has 2 N–H and O–H groups in total. The highest BCUT2D eigenvalue weighted by molar-refractivity contribution is 5.85. The van der Waals surface area contributed by atoms with Gasteiger partial charge in [-0.25, -0.2) is 0 Å². The Balaban J connectivity index is 2.21. The van der Waals surface area contributed by atoms with Crippen LogP contribution in [-0.2, 0) is 19.1 Å². The maximum Gasteiger partial charge on any atom is 0.416 e. The van der Waals surface area contributed by atoms with Crippen LogP contribution in [-0.4, -0.2) is 11.5 Å². The van der Waals surface area contributed by atoms with Crippen LogP contribution in [0.4, 0.5) is 13.2 Å². The van der Waals surface area contributed by atoms with Gasteiger partial charge in [0.05, 0.1) is 5.56 Å². The fraction of sp³-hybridized carbons (Fsp3) is 0.333. The van der Waals surface area contributed by atoms with Crippen LogP contribution in [0.2, 0.25) is 0 Å². The standard InChI is InChI=1S/C12H11F3N2/c13-12(14,15)7-1-2-10-9(5-7)8-3-4-16-6-11(8)17-10/h1-2,5,16-17H,3-4,6H2. The van der Waals surface area contributed by atoms with Crippen molar-refractivity contribution in [3.8, 4) is 0 Å². The Hall–Kier alpha value is -1.49. The second-order valence-corrected chi connectivity index (χ2v) is 4.27. The van der Waals surface area contributed by atoms with Crippen molar-refractivity contribution >= 4 is 10.9 Å². The molecule has 0 amide bonds. The zero-order valence-corrected chi connectivity index (χ0v) is 8.99. The summed E-state index contributed by atoms with van der Waals surface area (Å²) >= 11 is 0. The topological polar surface area (TPSA) is 27.8 Å². The van der Waals surface area contributed by atoms with E-state index in [4.69, 9.17) is 0 Å². The van der Waals surface area contributed by atoms with E-state index >= 15 is 0 Å². The van der Waals surface area contributed by atoms with E-state index in [9.17, 15) is 13.2 Å². The van der Waals surface area contributed by atoms with E-state index in [0.29, 0.717) is 11.9 Å². The van der Waals surface area contributed by atoms with Gasteiger partial charge < -0.3 is 10.3 Å². The molecule has 17 heavy (non-hydrogen) atoms. The van der Waals surface area contributed by atoms with Crippen LogP contribution >= 0.6 is 0 Å². The number of hydrogen-bond acceptors (Lipinski definition) is 1. The second kappa shape index (κ2) is 3.50. The molecule has 0 bridgehead atoms. The predicted molar refractivity (Wildman–Crippen MR) is 58.7 cm³/mol. The molecule has 0 saturated carbocycles. The molecule has 2 heterocycles. The Kier molecular flexibility index (Phi) is 2.19. The highest BCUT2D eigenvalue weighted by Gasteiger charge is 2.31. The Bertz CT molecular complexity index is 569. The lowest BCUT2D eigenvalue weighted by Crippen LogP contribution is -2.23. The maximum atomic E-state index is 12.6. The molecular weight excluding hydrogens is 229 g/mol. The molecule has 0 radical (unpaired) electrons. The molecule has 1 aromatic carbocycles. The van der Waals surface area contributed by atoms with E-state index in [0.717, 1.165) is 35.8 Å². The van der Waals surface area contributed by atoms with Crippen LogP contribution in [0.1, 0.15) is 16.8 Å². The highest BCUT2D eigenvalue weighted by atomic mass is 19.4. The number of nitrogens with one attached hydrogen (secondary N) is 2. The highest BCUT2D eigenvalue weighted by Crippen LogP contribution is 2.33. The summed E-state index contributed by atoms with van der Waals surface area (Å²) in [7, 11) is 0. The van der Waals surface area contributed by atoms with Crippen LogP contribution in [0, 0.1) is 0 Å². The van der Waals surface area contributed by atoms with E-state index in [1.54, 1.807) is 0 Å². The van der Waals surface area contributed by atoms with Gasteiger partial charge in [-0.1, -0.05) is 0 Å². The summed E-state index contributed by atoms with van der Waals surface area (Å²) < 4.78 is 37.9. The number of aromatic nitrogens is 1. The lowest BCUT2D eigenvalue weighted by Gasteiger charge is -2.12. The molecule has 3 rings (SSSR count). The van der Waals surface area contributed by atoms with Crippen molar-refractivity contribution < 1.29 is 13.2 Å². The number of aromatic amines is 1. The fourth-order valence-electron chi connectivity index (χ4n) is 2.34. The van der Waals surface area contributed by atoms with Gasteiger partial charge in [0.15, 0.2) is 0 Å². The van der Waals surface area contributed by atoms with E-state index < -0.39 is 11.7 Å². The third kappa shape index (κ3) is 1.70. The molecule has 1 aromatic heterocycles. The third-order valence-electron chi connectivity index (χ3n) is 3.18. The summed E-state index contributed by atoms with van der Waals surface area (Å²) in [4.78, 5) is 3.16. The lowest BCUT2D eigenvalue weighted by atomic mass is 10.0. The van der Waals surface area contributed by atoms with Crippen LogP contribution in [0.3, 0.4) is 0 Å². The van der Waals surface area contributed by atoms with Gasteiger partial charge in [0.1, 0.15) is 0 Å². The van der Waals surface area contributed by atoms with Gasteiger partial charge in [0, 0.05) is 23.1 Å². The number of fused-ring (bicyclic) bond motifs is 3. The number of rotatable bonds is 0. The summed E-state index contributed by atoms with van der Waals surface area (Å²) in [6, 6.07) is 3.88. The molecule has 2 aromatic rings. The minimum atomic E-state index is -4.27. The first-order valence-corrected chi connectivity index (χ1v) is 5.47. The van der Waals surface area contributed by atoms with Crippen molar-refractivity contribution in [1.29, 1.82) is 0 Å². The first kappa shape index (κ1) is 10.7. The van der Waals surface area contributed by atoms with Gasteiger partial charge in [0.25, 0.3) is 0 Å². The van der Waals surface area contributed by atoms with Gasteiger partial charge in [-0.05, 0) is 36.7 Å². The van der Waals surface area contributed by atoms with Crippen molar-refractivity contribution in [2.24, 2.45) is 0 Å². The molecule has 0 spiro atoms. The van der Waals surface area contributed by atoms with Gasteiger partial charge >= 0.3 is 6.18 Å². The molecule has 0 unspecified atom stereocenters. The summed E-state index contributed by atoms with van der Waals surface area (Å²) in [5.74, 6) is 0. The first-order valence-electron chi connectivity index (χ1n) is 5.47. The average Bonchev–Trinajstić information content (AvgIpc) is 2.65. The monoisotopic (exact) mass is 240 g/mol. The van der Waals surface area contributed by atoms with Crippen molar-refractivity contribution in [3.63, 3.8) is 0 Å². The van der Waals surface area contributed by atoms with E-state index in [2.05, 4.69) is 10.3 Å². The molecule has 0 fully saturated rings. The molecule has 5 heteroatoms. The Morgan fingerprint density at radius 2 is 2.00 bits per heavy atom. The molecule has 0 atom stereocenters. The van der Waals surface area contributed by atoms with E-state index in [1.165, 1.54) is 12.1 Å². The van der Waals surface area contributed by atoms with Crippen LogP contribution < -0.4 is 5.32 Å². The smallest absolute Gasteiger partial charge is 0.357 e. The molecule has 2 nitrogen and oxygen atoms in total. The molecule has 90 valence electrons. The van der Waals surface area contributed by atoms with Crippen molar-refractivity contribution in [3.05, 3.63) is 35.0 Å². The third-order valence-corrected chi connectivity index (χ3v) is 3.18. The number of hydrogen-bond donors (Lipinski definition) is 2. The molecule has 0 saturated heterocycles. The summed E-state index contributed by atoms with van der Waals surface area (Å²) in [5, 5.41) is 3.90. The van der Waals surface area contributed by atoms with E-state index in [-0.39, 0.29) is 0 Å². The molecule has 1 aliphatic rings. The predicted octanol–water partition coefficient (Wildman–Crippen LogP) is 2.83. The largest absolute Gasteiger partial charge is 0.416 e. The number of H-pyrrole nitrogens is 1. The average molecular weight is 240 g/mol. The second-order valence-electron chi connectivity index (χ2n) is 4.27. The minimum Gasteiger partial charge on any atom is -0.357 e. The number of halogens is 3. The summed E-state index contributed by atoms with van der Waals surface area (Å²) in [6.07, 6.45) is -3.50. The zero-order valence-electron chi connectivity index (χ0n) is 8.99. The lowest BCUT2D eigenvalue weighted by molar-refractivity contribution is -0.137. The Morgan fingerprint density at radius 3 is 2.76 bits per heavy atom. The summed E-state index contributed by atoms with van der Waals surface area (Å²) in [6.45, 7) is 1.52. The SMILES string of the molecule is FC(F)(F)c1ccc2[nH]c3c(c2c1)CCNC3. The summed E-state index contributed by atoms with van der Waals surface area (Å²) in [5.41, 5.74) is 2.23. The van der Waals surface area contributed by atoms with Gasteiger partial charge in [-0.3, -0.25) is 0 Å². The normalized spacial score (nSPS) is 16.2.